The van der Waals surface area contributed by atoms with Crippen LogP contribution in [-0.2, 0) is 9.47 Å². The molecule has 0 bridgehead atoms. The molecule has 10 nitrogen and oxygen atoms in total. The number of ether oxygens (including phenoxy) is 3. The zero-order valence-electron chi connectivity index (χ0n) is 16.5. The average molecular weight is 445 g/mol. The van der Waals surface area contributed by atoms with E-state index >= 15 is 0 Å². The standard InChI is InChI=1S/C20H19N3O7S/c1-28-19(26)17-15-16(22-23-17)13(24)11-14(18(15)25)31-10-9-29-8-7-21-20(27)30-12-5-3-2-4-6-12/h2-6,11H,7-10H2,1H3,(H,21,27)(H,22,23). The van der Waals surface area contributed by atoms with Crippen LogP contribution in [-0.4, -0.2) is 66.4 Å². The van der Waals surface area contributed by atoms with Gasteiger partial charge in [0.15, 0.2) is 5.69 Å². The summed E-state index contributed by atoms with van der Waals surface area (Å²) >= 11 is 1.13. The number of hydrogen-bond acceptors (Lipinski definition) is 9. The maximum absolute atomic E-state index is 12.6. The SMILES string of the molecule is COC(=O)c1[nH]nc2c1C(=O)C(SCCOCCNC(=O)Oc1ccccc1)=CC2=O. The molecule has 0 fully saturated rings. The minimum Gasteiger partial charge on any atom is -0.464 e. The van der Waals surface area contributed by atoms with Gasteiger partial charge in [-0.05, 0) is 12.1 Å². The minimum atomic E-state index is -0.775. The van der Waals surface area contributed by atoms with Crippen molar-refractivity contribution in [2.75, 3.05) is 32.6 Å². The number of hydrogen-bond donors (Lipinski definition) is 2. The molecule has 0 atom stereocenters. The highest BCUT2D eigenvalue weighted by Gasteiger charge is 2.34. The Morgan fingerprint density at radius 3 is 2.68 bits per heavy atom. The molecule has 11 heteroatoms. The molecule has 0 radical (unpaired) electrons. The van der Waals surface area contributed by atoms with Crippen molar-refractivity contribution in [2.24, 2.45) is 0 Å². The van der Waals surface area contributed by atoms with Gasteiger partial charge in [0.25, 0.3) is 0 Å². The van der Waals surface area contributed by atoms with Gasteiger partial charge in [0.1, 0.15) is 11.4 Å². The molecule has 0 saturated carbocycles. The van der Waals surface area contributed by atoms with E-state index in [1.54, 1.807) is 24.3 Å². The highest BCUT2D eigenvalue weighted by molar-refractivity contribution is 8.04. The van der Waals surface area contributed by atoms with E-state index in [0.29, 0.717) is 11.5 Å². The van der Waals surface area contributed by atoms with E-state index in [-0.39, 0.29) is 41.6 Å². The van der Waals surface area contributed by atoms with Gasteiger partial charge in [-0.3, -0.25) is 14.7 Å². The molecule has 1 heterocycles. The van der Waals surface area contributed by atoms with Crippen molar-refractivity contribution in [3.05, 3.63) is 58.3 Å². The summed E-state index contributed by atoms with van der Waals surface area (Å²) in [4.78, 5) is 48.4. The lowest BCUT2D eigenvalue weighted by Gasteiger charge is -2.12. The van der Waals surface area contributed by atoms with Gasteiger partial charge < -0.3 is 19.5 Å². The summed E-state index contributed by atoms with van der Waals surface area (Å²) < 4.78 is 15.1. The van der Waals surface area contributed by atoms with Gasteiger partial charge in [0.05, 0.1) is 30.8 Å². The van der Waals surface area contributed by atoms with Gasteiger partial charge in [-0.2, -0.15) is 5.10 Å². The smallest absolute Gasteiger partial charge is 0.412 e. The van der Waals surface area contributed by atoms with Crippen LogP contribution in [0.2, 0.25) is 0 Å². The number of nitrogens with one attached hydrogen (secondary N) is 2. The number of Topliss-reactive ketones (excluding diaryl/α,β-unsaturated/α-hetero) is 1. The number of aromatic nitrogens is 2. The number of rotatable bonds is 9. The first-order valence-electron chi connectivity index (χ1n) is 9.20. The number of esters is 1. The van der Waals surface area contributed by atoms with Crippen molar-refractivity contribution in [1.82, 2.24) is 15.5 Å². The second-order valence-corrected chi connectivity index (χ2v) is 7.24. The number of para-hydroxylation sites is 1. The highest BCUT2D eigenvalue weighted by Crippen LogP contribution is 2.29. The molecular formula is C20H19N3O7S. The third kappa shape index (κ3) is 5.58. The first-order chi connectivity index (χ1) is 15.0. The van der Waals surface area contributed by atoms with Crippen LogP contribution >= 0.6 is 11.8 Å². The number of benzene rings is 1. The van der Waals surface area contributed by atoms with E-state index in [2.05, 4.69) is 20.3 Å². The van der Waals surface area contributed by atoms with Crippen molar-refractivity contribution >= 4 is 35.4 Å². The summed E-state index contributed by atoms with van der Waals surface area (Å²) in [7, 11) is 1.17. The van der Waals surface area contributed by atoms with Gasteiger partial charge in [-0.15, -0.1) is 11.8 Å². The Bertz CT molecular complexity index is 1020. The van der Waals surface area contributed by atoms with Crippen molar-refractivity contribution in [3.8, 4) is 5.75 Å². The topological polar surface area (TPSA) is 137 Å². The second kappa shape index (κ2) is 10.5. The van der Waals surface area contributed by atoms with Crippen LogP contribution in [0.3, 0.4) is 0 Å². The van der Waals surface area contributed by atoms with Crippen LogP contribution in [0.4, 0.5) is 4.79 Å². The number of thioether (sulfide) groups is 1. The predicted octanol–water partition coefficient (Wildman–Crippen LogP) is 2.00. The van der Waals surface area contributed by atoms with Crippen molar-refractivity contribution in [3.63, 3.8) is 0 Å². The third-order valence-electron chi connectivity index (χ3n) is 4.06. The van der Waals surface area contributed by atoms with E-state index in [1.807, 2.05) is 6.07 Å². The fourth-order valence-electron chi connectivity index (χ4n) is 2.64. The lowest BCUT2D eigenvalue weighted by molar-refractivity contribution is 0.0591. The number of carbonyl (C=O) groups excluding carboxylic acids is 4. The number of amides is 1. The molecule has 1 aliphatic rings. The molecule has 0 unspecified atom stereocenters. The van der Waals surface area contributed by atoms with Crippen LogP contribution in [0.1, 0.15) is 31.3 Å². The Kier molecular flexibility index (Phi) is 7.57. The number of methoxy groups -OCH3 is 1. The molecule has 1 aromatic carbocycles. The van der Waals surface area contributed by atoms with Gasteiger partial charge in [0, 0.05) is 18.4 Å². The maximum Gasteiger partial charge on any atom is 0.412 e. The first-order valence-corrected chi connectivity index (χ1v) is 10.2. The van der Waals surface area contributed by atoms with Crippen LogP contribution in [0, 0.1) is 0 Å². The number of ketones is 2. The largest absolute Gasteiger partial charge is 0.464 e. The Balaban J connectivity index is 1.39. The number of nitrogens with zero attached hydrogens (tertiary/aromatic N) is 1. The Labute approximate surface area is 181 Å². The van der Waals surface area contributed by atoms with Gasteiger partial charge in [0.2, 0.25) is 11.6 Å². The molecule has 1 amide bonds. The fraction of sp³-hybridized carbons (Fsp3) is 0.250. The van der Waals surface area contributed by atoms with Crippen molar-refractivity contribution < 1.29 is 33.4 Å². The molecule has 1 aromatic heterocycles. The lowest BCUT2D eigenvalue weighted by Crippen LogP contribution is -2.30. The van der Waals surface area contributed by atoms with Crippen molar-refractivity contribution in [1.29, 1.82) is 0 Å². The summed E-state index contributed by atoms with van der Waals surface area (Å²) in [5.41, 5.74) is -0.324. The van der Waals surface area contributed by atoms with Crippen LogP contribution < -0.4 is 10.1 Å². The number of aromatic amines is 1. The Hall–Kier alpha value is -3.44. The molecule has 3 rings (SSSR count). The average Bonchev–Trinajstić information content (AvgIpc) is 3.22. The van der Waals surface area contributed by atoms with Crippen LogP contribution in [0.5, 0.6) is 5.75 Å². The molecule has 2 aromatic rings. The molecule has 0 aliphatic heterocycles. The molecule has 0 saturated heterocycles. The number of carbonyl (C=O) groups is 4. The molecule has 0 spiro atoms. The molecule has 31 heavy (non-hydrogen) atoms. The number of allylic oxidation sites excluding steroid dienone is 2. The molecular weight excluding hydrogens is 426 g/mol. The van der Waals surface area contributed by atoms with Gasteiger partial charge in [-0.25, -0.2) is 9.59 Å². The molecule has 162 valence electrons. The summed E-state index contributed by atoms with van der Waals surface area (Å²) in [5.74, 6) is -0.888. The fourth-order valence-corrected chi connectivity index (χ4v) is 3.49. The third-order valence-corrected chi connectivity index (χ3v) is 5.04. The van der Waals surface area contributed by atoms with E-state index in [9.17, 15) is 19.2 Å². The number of fused-ring (bicyclic) bond motifs is 1. The van der Waals surface area contributed by atoms with E-state index in [4.69, 9.17) is 9.47 Å². The van der Waals surface area contributed by atoms with E-state index in [1.165, 1.54) is 13.2 Å². The quantitative estimate of drug-likeness (QED) is 0.438. The van der Waals surface area contributed by atoms with E-state index < -0.39 is 23.6 Å². The van der Waals surface area contributed by atoms with E-state index in [0.717, 1.165) is 11.8 Å². The zero-order chi connectivity index (χ0) is 22.2. The van der Waals surface area contributed by atoms with Gasteiger partial charge >= 0.3 is 12.1 Å². The predicted molar refractivity (Wildman–Crippen MR) is 110 cm³/mol. The Morgan fingerprint density at radius 2 is 1.94 bits per heavy atom. The second-order valence-electron chi connectivity index (χ2n) is 6.11. The molecule has 2 N–H and O–H groups in total. The normalized spacial score (nSPS) is 12.7. The summed E-state index contributed by atoms with van der Waals surface area (Å²) in [6.45, 7) is 0.771. The maximum atomic E-state index is 12.6. The summed E-state index contributed by atoms with van der Waals surface area (Å²) in [6, 6.07) is 8.66. The van der Waals surface area contributed by atoms with Gasteiger partial charge in [-0.1, -0.05) is 18.2 Å². The Morgan fingerprint density at radius 1 is 1.16 bits per heavy atom. The monoisotopic (exact) mass is 445 g/mol. The van der Waals surface area contributed by atoms with Crippen LogP contribution in [0.25, 0.3) is 0 Å². The number of H-pyrrole nitrogens is 1. The van der Waals surface area contributed by atoms with Crippen LogP contribution in [0.15, 0.2) is 41.3 Å². The highest BCUT2D eigenvalue weighted by atomic mass is 32.2. The summed E-state index contributed by atoms with van der Waals surface area (Å²) in [5, 5.41) is 8.69. The zero-order valence-corrected chi connectivity index (χ0v) is 17.3. The minimum absolute atomic E-state index is 0.0797. The van der Waals surface area contributed by atoms with Crippen molar-refractivity contribution in [2.45, 2.75) is 0 Å². The lowest BCUT2D eigenvalue weighted by atomic mass is 9.99. The molecule has 1 aliphatic carbocycles. The summed E-state index contributed by atoms with van der Waals surface area (Å²) in [6.07, 6.45) is 0.608. The first kappa shape index (κ1) is 22.2.